The van der Waals surface area contributed by atoms with Gasteiger partial charge in [0.2, 0.25) is 0 Å². The summed E-state index contributed by atoms with van der Waals surface area (Å²) >= 11 is 0. The van der Waals surface area contributed by atoms with Gasteiger partial charge in [-0.2, -0.15) is 0 Å². The third kappa shape index (κ3) is 7.11. The summed E-state index contributed by atoms with van der Waals surface area (Å²) in [5.41, 5.74) is 0. The molecule has 0 aliphatic heterocycles. The summed E-state index contributed by atoms with van der Waals surface area (Å²) in [7, 11) is 0. The second kappa shape index (κ2) is 9.73. The lowest BCUT2D eigenvalue weighted by molar-refractivity contribution is 0.281. The van der Waals surface area contributed by atoms with Gasteiger partial charge in [-0.25, -0.2) is 8.78 Å². The van der Waals surface area contributed by atoms with Crippen LogP contribution in [-0.4, -0.2) is 18.3 Å². The fourth-order valence-corrected chi connectivity index (χ4v) is 1.85. The fraction of sp³-hybridized carbons (Fsp3) is 0.600. The molecular formula is C15H22F2O2. The molecule has 1 N–H and O–H groups in total. The molecule has 0 atom stereocenters. The first-order valence-electron chi connectivity index (χ1n) is 6.93. The molecule has 1 aromatic carbocycles. The van der Waals surface area contributed by atoms with Gasteiger partial charge >= 0.3 is 0 Å². The minimum Gasteiger partial charge on any atom is -0.493 e. The molecule has 0 radical (unpaired) electrons. The van der Waals surface area contributed by atoms with E-state index in [0.717, 1.165) is 50.7 Å². The summed E-state index contributed by atoms with van der Waals surface area (Å²) in [5.74, 6) is -1.35. The van der Waals surface area contributed by atoms with E-state index >= 15 is 0 Å². The molecule has 1 rings (SSSR count). The van der Waals surface area contributed by atoms with E-state index in [9.17, 15) is 8.78 Å². The highest BCUT2D eigenvalue weighted by atomic mass is 19.2. The normalized spacial score (nSPS) is 10.7. The fourth-order valence-electron chi connectivity index (χ4n) is 1.85. The van der Waals surface area contributed by atoms with Crippen LogP contribution in [0, 0.1) is 11.6 Å². The lowest BCUT2D eigenvalue weighted by Crippen LogP contribution is -1.98. The zero-order chi connectivity index (χ0) is 13.9. The SMILES string of the molecule is OCCCCCCCCCOc1ccc(F)c(F)c1. The Morgan fingerprint density at radius 3 is 2.11 bits per heavy atom. The molecule has 2 nitrogen and oxygen atoms in total. The Labute approximate surface area is 113 Å². The Bertz CT molecular complexity index is 356. The van der Waals surface area contributed by atoms with Crippen molar-refractivity contribution in [1.82, 2.24) is 0 Å². The Hall–Kier alpha value is -1.16. The largest absolute Gasteiger partial charge is 0.493 e. The summed E-state index contributed by atoms with van der Waals surface area (Å²) in [5, 5.41) is 8.62. The van der Waals surface area contributed by atoms with Gasteiger partial charge in [0, 0.05) is 12.7 Å². The number of hydrogen-bond donors (Lipinski definition) is 1. The number of halogens is 2. The van der Waals surface area contributed by atoms with E-state index in [1.807, 2.05) is 0 Å². The predicted molar refractivity (Wildman–Crippen MR) is 71.3 cm³/mol. The topological polar surface area (TPSA) is 29.5 Å². The standard InChI is InChI=1S/C15H22F2O2/c16-14-9-8-13(12-15(14)17)19-11-7-5-3-1-2-4-6-10-18/h8-9,12,18H,1-7,10-11H2. The van der Waals surface area contributed by atoms with Crippen molar-refractivity contribution in [2.45, 2.75) is 44.9 Å². The Kier molecular flexibility index (Phi) is 8.14. The number of benzene rings is 1. The average molecular weight is 272 g/mol. The van der Waals surface area contributed by atoms with Gasteiger partial charge in [0.1, 0.15) is 5.75 Å². The first-order chi connectivity index (χ1) is 9.24. The van der Waals surface area contributed by atoms with Gasteiger partial charge in [-0.15, -0.1) is 0 Å². The quantitative estimate of drug-likeness (QED) is 0.651. The Balaban J connectivity index is 2.00. The second-order valence-electron chi connectivity index (χ2n) is 4.62. The minimum atomic E-state index is -0.874. The van der Waals surface area contributed by atoms with E-state index < -0.39 is 11.6 Å². The number of unbranched alkanes of at least 4 members (excludes halogenated alkanes) is 6. The number of aliphatic hydroxyl groups excluding tert-OH is 1. The molecule has 0 heterocycles. The van der Waals surface area contributed by atoms with E-state index in [-0.39, 0.29) is 6.61 Å². The smallest absolute Gasteiger partial charge is 0.162 e. The van der Waals surface area contributed by atoms with Crippen molar-refractivity contribution in [3.05, 3.63) is 29.8 Å². The number of hydrogen-bond acceptors (Lipinski definition) is 2. The van der Waals surface area contributed by atoms with Crippen molar-refractivity contribution in [1.29, 1.82) is 0 Å². The summed E-state index contributed by atoms with van der Waals surface area (Å²) in [6.45, 7) is 0.809. The van der Waals surface area contributed by atoms with Crippen LogP contribution in [0.2, 0.25) is 0 Å². The lowest BCUT2D eigenvalue weighted by Gasteiger charge is -2.06. The van der Waals surface area contributed by atoms with Gasteiger partial charge in [-0.05, 0) is 25.0 Å². The Morgan fingerprint density at radius 1 is 0.842 bits per heavy atom. The van der Waals surface area contributed by atoms with E-state index in [2.05, 4.69) is 0 Å². The van der Waals surface area contributed by atoms with E-state index in [4.69, 9.17) is 9.84 Å². The first kappa shape index (κ1) is 15.9. The second-order valence-corrected chi connectivity index (χ2v) is 4.62. The molecule has 108 valence electrons. The van der Waals surface area contributed by atoms with Crippen molar-refractivity contribution in [2.24, 2.45) is 0 Å². The number of ether oxygens (including phenoxy) is 1. The highest BCUT2D eigenvalue weighted by Crippen LogP contribution is 2.16. The maximum atomic E-state index is 12.9. The first-order valence-corrected chi connectivity index (χ1v) is 6.93. The van der Waals surface area contributed by atoms with Gasteiger partial charge < -0.3 is 9.84 Å². The molecule has 0 aliphatic carbocycles. The average Bonchev–Trinajstić information content (AvgIpc) is 2.41. The van der Waals surface area contributed by atoms with Crippen LogP contribution in [0.5, 0.6) is 5.75 Å². The van der Waals surface area contributed by atoms with Crippen molar-refractivity contribution in [3.8, 4) is 5.75 Å². The molecule has 0 aliphatic rings. The van der Waals surface area contributed by atoms with Gasteiger partial charge in [-0.1, -0.05) is 32.1 Å². The van der Waals surface area contributed by atoms with Crippen molar-refractivity contribution in [2.75, 3.05) is 13.2 Å². The summed E-state index contributed by atoms with van der Waals surface area (Å²) in [6.07, 6.45) is 7.44. The molecule has 19 heavy (non-hydrogen) atoms. The van der Waals surface area contributed by atoms with Crippen LogP contribution in [0.4, 0.5) is 8.78 Å². The van der Waals surface area contributed by atoms with Crippen LogP contribution in [0.25, 0.3) is 0 Å². The van der Waals surface area contributed by atoms with E-state index in [0.29, 0.717) is 12.4 Å². The monoisotopic (exact) mass is 272 g/mol. The molecule has 0 saturated carbocycles. The van der Waals surface area contributed by atoms with Gasteiger partial charge in [0.05, 0.1) is 6.61 Å². The summed E-state index contributed by atoms with van der Waals surface area (Å²) in [6, 6.07) is 3.59. The maximum Gasteiger partial charge on any atom is 0.162 e. The van der Waals surface area contributed by atoms with Crippen LogP contribution in [-0.2, 0) is 0 Å². The molecule has 0 aromatic heterocycles. The molecule has 0 spiro atoms. The van der Waals surface area contributed by atoms with Crippen LogP contribution in [0.15, 0.2) is 18.2 Å². The minimum absolute atomic E-state index is 0.280. The van der Waals surface area contributed by atoms with Gasteiger partial charge in [-0.3, -0.25) is 0 Å². The van der Waals surface area contributed by atoms with Crippen molar-refractivity contribution in [3.63, 3.8) is 0 Å². The summed E-state index contributed by atoms with van der Waals surface area (Å²) < 4.78 is 30.9. The van der Waals surface area contributed by atoms with Gasteiger partial charge in [0.15, 0.2) is 11.6 Å². The predicted octanol–water partition coefficient (Wildman–Crippen LogP) is 4.07. The number of rotatable bonds is 10. The van der Waals surface area contributed by atoms with Crippen LogP contribution in [0.1, 0.15) is 44.9 Å². The van der Waals surface area contributed by atoms with Crippen LogP contribution >= 0.6 is 0 Å². The van der Waals surface area contributed by atoms with Crippen LogP contribution < -0.4 is 4.74 Å². The van der Waals surface area contributed by atoms with Crippen molar-refractivity contribution >= 4 is 0 Å². The third-order valence-electron chi connectivity index (χ3n) is 2.96. The van der Waals surface area contributed by atoms with E-state index in [1.165, 1.54) is 12.5 Å². The van der Waals surface area contributed by atoms with E-state index in [1.54, 1.807) is 0 Å². The zero-order valence-electron chi connectivity index (χ0n) is 11.2. The van der Waals surface area contributed by atoms with Gasteiger partial charge in [0.25, 0.3) is 0 Å². The lowest BCUT2D eigenvalue weighted by atomic mass is 10.1. The van der Waals surface area contributed by atoms with Crippen molar-refractivity contribution < 1.29 is 18.6 Å². The third-order valence-corrected chi connectivity index (χ3v) is 2.96. The molecule has 1 aromatic rings. The van der Waals surface area contributed by atoms with Crippen LogP contribution in [0.3, 0.4) is 0 Å². The molecule has 0 unspecified atom stereocenters. The summed E-state index contributed by atoms with van der Waals surface area (Å²) in [4.78, 5) is 0. The highest BCUT2D eigenvalue weighted by molar-refractivity contribution is 5.23. The molecular weight excluding hydrogens is 250 g/mol. The zero-order valence-corrected chi connectivity index (χ0v) is 11.2. The molecule has 0 saturated heterocycles. The number of aliphatic hydroxyl groups is 1. The molecule has 0 bridgehead atoms. The molecule has 0 amide bonds. The molecule has 4 heteroatoms. The maximum absolute atomic E-state index is 12.9. The Morgan fingerprint density at radius 2 is 1.47 bits per heavy atom. The molecule has 0 fully saturated rings. The highest BCUT2D eigenvalue weighted by Gasteiger charge is 2.02.